The highest BCUT2D eigenvalue weighted by Gasteiger charge is 2.31. The Morgan fingerprint density at radius 1 is 1.33 bits per heavy atom. The number of aliphatic hydroxyl groups excluding tert-OH is 1. The minimum Gasteiger partial charge on any atom is -0.388 e. The SMILES string of the molecule is CC(=O)[C@@H](CCl)[C@H](O)c1ccc(C(F)(F)F)cc1. The molecule has 1 rings (SSSR count). The van der Waals surface area contributed by atoms with Crippen LogP contribution in [0.1, 0.15) is 24.2 Å². The van der Waals surface area contributed by atoms with Gasteiger partial charge in [-0.3, -0.25) is 4.79 Å². The summed E-state index contributed by atoms with van der Waals surface area (Å²) in [6, 6.07) is 4.03. The number of Topliss-reactive ketones (excluding diaryl/α,β-unsaturated/α-hetero) is 1. The molecule has 0 saturated carbocycles. The molecule has 0 bridgehead atoms. The molecule has 2 atom stereocenters. The average molecular weight is 281 g/mol. The lowest BCUT2D eigenvalue weighted by molar-refractivity contribution is -0.137. The minimum atomic E-state index is -4.42. The van der Waals surface area contributed by atoms with Gasteiger partial charge in [-0.1, -0.05) is 12.1 Å². The summed E-state index contributed by atoms with van der Waals surface area (Å²) >= 11 is 5.55. The van der Waals surface area contributed by atoms with Crippen LogP contribution in [0.5, 0.6) is 0 Å². The van der Waals surface area contributed by atoms with E-state index in [0.717, 1.165) is 24.3 Å². The molecular weight excluding hydrogens is 269 g/mol. The maximum atomic E-state index is 12.3. The molecule has 2 nitrogen and oxygen atoms in total. The Hall–Kier alpha value is -1.07. The number of benzene rings is 1. The predicted octanol–water partition coefficient (Wildman–Crippen LogP) is 3.18. The van der Waals surface area contributed by atoms with E-state index in [1.165, 1.54) is 6.92 Å². The van der Waals surface area contributed by atoms with Gasteiger partial charge in [0.2, 0.25) is 0 Å². The average Bonchev–Trinajstić information content (AvgIpc) is 2.28. The number of rotatable bonds is 4. The molecule has 0 amide bonds. The second-order valence-electron chi connectivity index (χ2n) is 3.94. The third-order valence-corrected chi connectivity index (χ3v) is 2.98. The van der Waals surface area contributed by atoms with Gasteiger partial charge in [0.05, 0.1) is 17.6 Å². The maximum Gasteiger partial charge on any atom is 0.416 e. The lowest BCUT2D eigenvalue weighted by Gasteiger charge is -2.19. The molecule has 1 aromatic rings. The van der Waals surface area contributed by atoms with E-state index in [4.69, 9.17) is 11.6 Å². The Morgan fingerprint density at radius 3 is 2.17 bits per heavy atom. The molecule has 0 spiro atoms. The van der Waals surface area contributed by atoms with Crippen molar-refractivity contribution in [1.29, 1.82) is 0 Å². The number of hydrogen-bond acceptors (Lipinski definition) is 2. The molecule has 1 aromatic carbocycles. The quantitative estimate of drug-likeness (QED) is 0.860. The van der Waals surface area contributed by atoms with E-state index in [-0.39, 0.29) is 17.2 Å². The van der Waals surface area contributed by atoms with Crippen molar-refractivity contribution in [3.8, 4) is 0 Å². The second kappa shape index (κ2) is 5.71. The van der Waals surface area contributed by atoms with Crippen molar-refractivity contribution in [2.24, 2.45) is 5.92 Å². The molecule has 6 heteroatoms. The Kier molecular flexibility index (Phi) is 4.76. The van der Waals surface area contributed by atoms with E-state index in [1.807, 2.05) is 0 Å². The van der Waals surface area contributed by atoms with Crippen LogP contribution in [0.4, 0.5) is 13.2 Å². The van der Waals surface area contributed by atoms with Gasteiger partial charge in [0.15, 0.2) is 0 Å². The van der Waals surface area contributed by atoms with Crippen molar-refractivity contribution in [3.05, 3.63) is 35.4 Å². The number of aliphatic hydroxyl groups is 1. The van der Waals surface area contributed by atoms with Gasteiger partial charge in [-0.25, -0.2) is 0 Å². The first-order valence-corrected chi connectivity index (χ1v) is 5.72. The van der Waals surface area contributed by atoms with Crippen LogP contribution in [-0.2, 0) is 11.0 Å². The molecular formula is C12H12ClF3O2. The highest BCUT2D eigenvalue weighted by Crippen LogP contribution is 2.31. The van der Waals surface area contributed by atoms with Crippen LogP contribution < -0.4 is 0 Å². The van der Waals surface area contributed by atoms with Crippen molar-refractivity contribution in [3.63, 3.8) is 0 Å². The van der Waals surface area contributed by atoms with Gasteiger partial charge in [0.25, 0.3) is 0 Å². The van der Waals surface area contributed by atoms with Gasteiger partial charge >= 0.3 is 6.18 Å². The van der Waals surface area contributed by atoms with Crippen LogP contribution in [0.3, 0.4) is 0 Å². The molecule has 0 fully saturated rings. The zero-order valence-corrected chi connectivity index (χ0v) is 10.3. The molecule has 0 aliphatic heterocycles. The van der Waals surface area contributed by atoms with Crippen LogP contribution in [0.2, 0.25) is 0 Å². The molecule has 0 heterocycles. The van der Waals surface area contributed by atoms with Gasteiger partial charge in [-0.05, 0) is 24.6 Å². The van der Waals surface area contributed by atoms with Crippen LogP contribution in [0.15, 0.2) is 24.3 Å². The number of ketones is 1. The topological polar surface area (TPSA) is 37.3 Å². The van der Waals surface area contributed by atoms with E-state index in [1.54, 1.807) is 0 Å². The number of halogens is 4. The van der Waals surface area contributed by atoms with Gasteiger partial charge in [-0.2, -0.15) is 13.2 Å². The Labute approximate surface area is 107 Å². The molecule has 1 N–H and O–H groups in total. The van der Waals surface area contributed by atoms with Crippen LogP contribution in [-0.4, -0.2) is 16.8 Å². The lowest BCUT2D eigenvalue weighted by Crippen LogP contribution is -2.21. The van der Waals surface area contributed by atoms with Crippen molar-refractivity contribution in [2.45, 2.75) is 19.2 Å². The monoisotopic (exact) mass is 280 g/mol. The first kappa shape index (κ1) is 15.0. The normalized spacial score (nSPS) is 15.2. The van der Waals surface area contributed by atoms with Gasteiger partial charge in [0, 0.05) is 5.88 Å². The zero-order chi connectivity index (χ0) is 13.9. The van der Waals surface area contributed by atoms with Gasteiger partial charge in [-0.15, -0.1) is 11.6 Å². The molecule has 0 unspecified atom stereocenters. The first-order chi connectivity index (χ1) is 8.27. The summed E-state index contributed by atoms with van der Waals surface area (Å²) in [5, 5.41) is 9.86. The molecule has 0 aliphatic carbocycles. The highest BCUT2D eigenvalue weighted by atomic mass is 35.5. The standard InChI is InChI=1S/C12H12ClF3O2/c1-7(17)10(6-13)11(18)8-2-4-9(5-3-8)12(14,15)16/h2-5,10-11,18H,6H2,1H3/t10-,11-/m1/s1. The molecule has 0 radical (unpaired) electrons. The Bertz CT molecular complexity index is 414. The summed E-state index contributed by atoms with van der Waals surface area (Å²) in [5.74, 6) is -1.21. The molecule has 100 valence electrons. The van der Waals surface area contributed by atoms with Crippen molar-refractivity contribution < 1.29 is 23.1 Å². The van der Waals surface area contributed by atoms with Crippen LogP contribution >= 0.6 is 11.6 Å². The van der Waals surface area contributed by atoms with Crippen molar-refractivity contribution >= 4 is 17.4 Å². The highest BCUT2D eigenvalue weighted by molar-refractivity contribution is 6.19. The maximum absolute atomic E-state index is 12.3. The smallest absolute Gasteiger partial charge is 0.388 e. The third kappa shape index (κ3) is 3.46. The molecule has 18 heavy (non-hydrogen) atoms. The van der Waals surface area contributed by atoms with Gasteiger partial charge in [0.1, 0.15) is 5.78 Å². The summed E-state index contributed by atoms with van der Waals surface area (Å²) < 4.78 is 37.0. The summed E-state index contributed by atoms with van der Waals surface area (Å²) in [6.07, 6.45) is -5.61. The number of alkyl halides is 4. The van der Waals surface area contributed by atoms with E-state index in [2.05, 4.69) is 0 Å². The third-order valence-electron chi connectivity index (χ3n) is 2.65. The fourth-order valence-corrected chi connectivity index (χ4v) is 1.90. The van der Waals surface area contributed by atoms with Crippen molar-refractivity contribution in [1.82, 2.24) is 0 Å². The lowest BCUT2D eigenvalue weighted by atomic mass is 9.93. The number of carbonyl (C=O) groups is 1. The van der Waals surface area contributed by atoms with Crippen molar-refractivity contribution in [2.75, 3.05) is 5.88 Å². The second-order valence-corrected chi connectivity index (χ2v) is 4.24. The van der Waals surface area contributed by atoms with Crippen LogP contribution in [0.25, 0.3) is 0 Å². The largest absolute Gasteiger partial charge is 0.416 e. The number of carbonyl (C=O) groups excluding carboxylic acids is 1. The van der Waals surface area contributed by atoms with Gasteiger partial charge < -0.3 is 5.11 Å². The van der Waals surface area contributed by atoms with E-state index in [9.17, 15) is 23.1 Å². The molecule has 0 aromatic heterocycles. The first-order valence-electron chi connectivity index (χ1n) is 5.19. The number of hydrogen-bond donors (Lipinski definition) is 1. The Balaban J connectivity index is 2.94. The zero-order valence-electron chi connectivity index (χ0n) is 9.54. The summed E-state index contributed by atoms with van der Waals surface area (Å²) in [7, 11) is 0. The summed E-state index contributed by atoms with van der Waals surface area (Å²) in [6.45, 7) is 1.28. The van der Waals surface area contributed by atoms with E-state index in [0.29, 0.717) is 0 Å². The summed E-state index contributed by atoms with van der Waals surface area (Å²) in [4.78, 5) is 11.2. The van der Waals surface area contributed by atoms with Crippen LogP contribution in [0, 0.1) is 5.92 Å². The molecule has 0 saturated heterocycles. The Morgan fingerprint density at radius 2 is 1.83 bits per heavy atom. The molecule has 0 aliphatic rings. The van der Waals surface area contributed by atoms with E-state index < -0.39 is 23.8 Å². The van der Waals surface area contributed by atoms with E-state index >= 15 is 0 Å². The minimum absolute atomic E-state index is 0.0858. The predicted molar refractivity (Wildman–Crippen MR) is 61.3 cm³/mol. The fraction of sp³-hybridized carbons (Fsp3) is 0.417. The fourth-order valence-electron chi connectivity index (χ4n) is 1.52. The summed E-state index contributed by atoms with van der Waals surface area (Å²) in [5.41, 5.74) is -0.562.